The minimum absolute atomic E-state index is 0.596. The lowest BCUT2D eigenvalue weighted by atomic mass is 9.95. The molecular weight excluding hydrogens is 230 g/mol. The zero-order valence-electron chi connectivity index (χ0n) is 11.3. The highest BCUT2D eigenvalue weighted by atomic mass is 14.9. The van der Waals surface area contributed by atoms with Crippen LogP contribution in [0.15, 0.2) is 42.5 Å². The van der Waals surface area contributed by atoms with Gasteiger partial charge in [0.2, 0.25) is 0 Å². The highest BCUT2D eigenvalue weighted by Gasteiger charge is 2.33. The summed E-state index contributed by atoms with van der Waals surface area (Å²) in [6.45, 7) is 3.33. The minimum Gasteiger partial charge on any atom is -0.310 e. The third-order valence-electron chi connectivity index (χ3n) is 4.66. The topological polar surface area (TPSA) is 12.0 Å². The third-order valence-corrected chi connectivity index (χ3v) is 4.66. The molecule has 19 heavy (non-hydrogen) atoms. The third kappa shape index (κ3) is 1.81. The summed E-state index contributed by atoms with van der Waals surface area (Å²) in [7, 11) is 0. The Balaban J connectivity index is 1.81. The van der Waals surface area contributed by atoms with E-state index in [4.69, 9.17) is 0 Å². The van der Waals surface area contributed by atoms with E-state index in [0.29, 0.717) is 6.04 Å². The molecule has 0 amide bonds. The Morgan fingerprint density at radius 1 is 1.00 bits per heavy atom. The van der Waals surface area contributed by atoms with Gasteiger partial charge in [-0.3, -0.25) is 0 Å². The quantitative estimate of drug-likeness (QED) is 0.799. The van der Waals surface area contributed by atoms with Crippen molar-refractivity contribution in [2.24, 2.45) is 0 Å². The van der Waals surface area contributed by atoms with Crippen LogP contribution in [0.5, 0.6) is 0 Å². The summed E-state index contributed by atoms with van der Waals surface area (Å²) in [6.07, 6.45) is 2.60. The Hall–Kier alpha value is -1.60. The van der Waals surface area contributed by atoms with Crippen molar-refractivity contribution in [3.05, 3.63) is 59.2 Å². The van der Waals surface area contributed by atoms with Crippen LogP contribution >= 0.6 is 0 Å². The van der Waals surface area contributed by atoms with Gasteiger partial charge in [0.05, 0.1) is 0 Å². The van der Waals surface area contributed by atoms with Crippen molar-refractivity contribution in [2.45, 2.75) is 31.7 Å². The second-order valence-corrected chi connectivity index (χ2v) is 5.94. The maximum atomic E-state index is 3.66. The molecular formula is C18H19N. The highest BCUT2D eigenvalue weighted by molar-refractivity contribution is 5.66. The van der Waals surface area contributed by atoms with Gasteiger partial charge in [0, 0.05) is 6.04 Å². The fourth-order valence-corrected chi connectivity index (χ4v) is 3.69. The zero-order valence-corrected chi connectivity index (χ0v) is 11.3. The summed E-state index contributed by atoms with van der Waals surface area (Å²) in [5.41, 5.74) is 7.16. The second-order valence-electron chi connectivity index (χ2n) is 5.94. The first kappa shape index (κ1) is 11.2. The van der Waals surface area contributed by atoms with Crippen LogP contribution in [0.25, 0.3) is 11.1 Å². The molecule has 0 radical (unpaired) electrons. The fourth-order valence-electron chi connectivity index (χ4n) is 3.69. The highest BCUT2D eigenvalue weighted by Crippen LogP contribution is 2.45. The fraction of sp³-hybridized carbons (Fsp3) is 0.333. The lowest BCUT2D eigenvalue weighted by Crippen LogP contribution is -2.25. The van der Waals surface area contributed by atoms with Crippen molar-refractivity contribution in [3.8, 4) is 11.1 Å². The summed E-state index contributed by atoms with van der Waals surface area (Å²) in [5.74, 6) is 0.799. The molecule has 1 heteroatoms. The molecule has 1 aliphatic heterocycles. The van der Waals surface area contributed by atoms with Gasteiger partial charge in [0.15, 0.2) is 0 Å². The molecule has 1 nitrogen and oxygen atoms in total. The van der Waals surface area contributed by atoms with Gasteiger partial charge in [0.1, 0.15) is 0 Å². The van der Waals surface area contributed by atoms with Gasteiger partial charge < -0.3 is 5.32 Å². The molecule has 1 heterocycles. The molecule has 0 unspecified atom stereocenters. The maximum Gasteiger partial charge on any atom is 0.0329 e. The monoisotopic (exact) mass is 249 g/mol. The lowest BCUT2D eigenvalue weighted by Gasteiger charge is -2.20. The van der Waals surface area contributed by atoms with Gasteiger partial charge in [-0.2, -0.15) is 0 Å². The molecule has 96 valence electrons. The predicted octanol–water partition coefficient (Wildman–Crippen LogP) is 4.18. The van der Waals surface area contributed by atoms with E-state index in [2.05, 4.69) is 54.7 Å². The summed E-state index contributed by atoms with van der Waals surface area (Å²) >= 11 is 0. The molecule has 2 bridgehead atoms. The number of aryl methyl sites for hydroxylation is 1. The van der Waals surface area contributed by atoms with Gasteiger partial charge in [-0.05, 0) is 60.5 Å². The normalized spacial score (nSPS) is 24.3. The van der Waals surface area contributed by atoms with E-state index in [-0.39, 0.29) is 0 Å². The van der Waals surface area contributed by atoms with Crippen LogP contribution in [0.2, 0.25) is 0 Å². The number of hydrogen-bond acceptors (Lipinski definition) is 1. The summed E-state index contributed by atoms with van der Waals surface area (Å²) < 4.78 is 0. The Morgan fingerprint density at radius 3 is 2.79 bits per heavy atom. The Labute approximate surface area is 114 Å². The van der Waals surface area contributed by atoms with E-state index < -0.39 is 0 Å². The molecule has 2 aliphatic rings. The number of piperidine rings is 1. The summed E-state index contributed by atoms with van der Waals surface area (Å²) in [4.78, 5) is 0. The first-order chi connectivity index (χ1) is 9.31. The Bertz CT molecular complexity index is 629. The number of fused-ring (bicyclic) bond motifs is 5. The molecule has 0 aromatic heterocycles. The molecule has 2 atom stereocenters. The number of benzene rings is 2. The van der Waals surface area contributed by atoms with Crippen LogP contribution in [0, 0.1) is 6.92 Å². The molecule has 1 N–H and O–H groups in total. The first-order valence-corrected chi connectivity index (χ1v) is 7.25. The van der Waals surface area contributed by atoms with Gasteiger partial charge >= 0.3 is 0 Å². The van der Waals surface area contributed by atoms with Crippen molar-refractivity contribution >= 4 is 0 Å². The smallest absolute Gasteiger partial charge is 0.0329 e. The molecule has 1 saturated heterocycles. The van der Waals surface area contributed by atoms with E-state index in [1.165, 1.54) is 36.1 Å². The average molecular weight is 249 g/mol. The van der Waals surface area contributed by atoms with Crippen LogP contribution in [-0.4, -0.2) is 6.54 Å². The SMILES string of the molecule is Cc1cccc(-c2ccc3c(c2)[C@H]2C[C@H]3CCN2)c1. The Kier molecular flexibility index (Phi) is 2.49. The molecule has 4 rings (SSSR count). The van der Waals surface area contributed by atoms with Crippen molar-refractivity contribution in [3.63, 3.8) is 0 Å². The van der Waals surface area contributed by atoms with Crippen molar-refractivity contribution in [1.82, 2.24) is 5.32 Å². The minimum atomic E-state index is 0.596. The van der Waals surface area contributed by atoms with E-state index in [1.807, 2.05) is 0 Å². The largest absolute Gasteiger partial charge is 0.310 e. The van der Waals surface area contributed by atoms with Gasteiger partial charge in [-0.15, -0.1) is 0 Å². The van der Waals surface area contributed by atoms with Crippen LogP contribution in [0.1, 0.15) is 41.5 Å². The van der Waals surface area contributed by atoms with Crippen molar-refractivity contribution < 1.29 is 0 Å². The average Bonchev–Trinajstić information content (AvgIpc) is 2.70. The van der Waals surface area contributed by atoms with Gasteiger partial charge in [0.25, 0.3) is 0 Å². The number of rotatable bonds is 1. The molecule has 1 fully saturated rings. The van der Waals surface area contributed by atoms with E-state index in [1.54, 1.807) is 11.1 Å². The molecule has 0 spiro atoms. The van der Waals surface area contributed by atoms with Crippen molar-refractivity contribution in [2.75, 3.05) is 6.54 Å². The van der Waals surface area contributed by atoms with Crippen LogP contribution in [0.4, 0.5) is 0 Å². The molecule has 2 aromatic carbocycles. The lowest BCUT2D eigenvalue weighted by molar-refractivity contribution is 0.410. The van der Waals surface area contributed by atoms with E-state index in [9.17, 15) is 0 Å². The molecule has 2 aromatic rings. The summed E-state index contributed by atoms with van der Waals surface area (Å²) in [6, 6.07) is 16.5. The predicted molar refractivity (Wildman–Crippen MR) is 79.3 cm³/mol. The van der Waals surface area contributed by atoms with E-state index >= 15 is 0 Å². The van der Waals surface area contributed by atoms with Crippen LogP contribution in [-0.2, 0) is 0 Å². The number of nitrogens with one attached hydrogen (secondary N) is 1. The number of hydrogen-bond donors (Lipinski definition) is 1. The van der Waals surface area contributed by atoms with Crippen molar-refractivity contribution in [1.29, 1.82) is 0 Å². The Morgan fingerprint density at radius 2 is 1.89 bits per heavy atom. The molecule has 1 aliphatic carbocycles. The van der Waals surface area contributed by atoms with Gasteiger partial charge in [-0.1, -0.05) is 42.0 Å². The van der Waals surface area contributed by atoms with Gasteiger partial charge in [-0.25, -0.2) is 0 Å². The molecule has 0 saturated carbocycles. The van der Waals surface area contributed by atoms with Crippen LogP contribution < -0.4 is 5.32 Å². The van der Waals surface area contributed by atoms with E-state index in [0.717, 1.165) is 5.92 Å². The summed E-state index contributed by atoms with van der Waals surface area (Å²) in [5, 5.41) is 3.66. The zero-order chi connectivity index (χ0) is 12.8. The second kappa shape index (κ2) is 4.21. The maximum absolute atomic E-state index is 3.66. The standard InChI is InChI=1S/C18H19N/c1-12-3-2-4-13(9-12)14-5-6-16-15-7-8-19-18(11-15)17(16)10-14/h2-6,9-10,15,18-19H,7-8,11H2,1H3/t15-,18-/m1/s1. The van der Waals surface area contributed by atoms with Crippen LogP contribution in [0.3, 0.4) is 0 Å². The first-order valence-electron chi connectivity index (χ1n) is 7.25.